The Kier molecular flexibility index (Phi) is 10.2. The molecule has 0 aliphatic rings. The summed E-state index contributed by atoms with van der Waals surface area (Å²) in [5.74, 6) is 0. The van der Waals surface area contributed by atoms with Gasteiger partial charge < -0.3 is 0 Å². The summed E-state index contributed by atoms with van der Waals surface area (Å²) >= 11 is -11.5. The predicted octanol–water partition coefficient (Wildman–Crippen LogP) is -6.00. The zero-order valence-electron chi connectivity index (χ0n) is 4.49. The monoisotopic (exact) mass is 386 g/mol. The van der Waals surface area contributed by atoms with Crippen LogP contribution in [0.15, 0.2) is 0 Å². The molecule has 66 valence electrons. The molecule has 0 bridgehead atoms. The van der Waals surface area contributed by atoms with Gasteiger partial charge in [-0.2, -0.15) is 0 Å². The number of rotatable bonds is 0. The van der Waals surface area contributed by atoms with Gasteiger partial charge in [-0.25, -0.2) is 0 Å². The Balaban J connectivity index is -0.000000107. The van der Waals surface area contributed by atoms with E-state index in [0.717, 1.165) is 0 Å². The van der Waals surface area contributed by atoms with Gasteiger partial charge in [0.25, 0.3) is 0 Å². The molecule has 0 aliphatic heterocycles. The molecule has 0 saturated heterocycles. The molecule has 0 spiro atoms. The summed E-state index contributed by atoms with van der Waals surface area (Å²) in [6, 6.07) is 0. The third kappa shape index (κ3) is 1410. The van der Waals surface area contributed by atoms with Gasteiger partial charge in [0.15, 0.2) is 0 Å². The quantitative estimate of drug-likeness (QED) is 0.374. The van der Waals surface area contributed by atoms with Crippen LogP contribution in [0.2, 0.25) is 0 Å². The van der Waals surface area contributed by atoms with E-state index >= 15 is 0 Å². The van der Waals surface area contributed by atoms with Gasteiger partial charge in [-0.3, -0.25) is 0 Å². The van der Waals surface area contributed by atoms with Gasteiger partial charge in [0.2, 0.25) is 0 Å². The predicted molar refractivity (Wildman–Crippen MR) is 14.3 cm³/mol. The van der Waals surface area contributed by atoms with Crippen LogP contribution < -0.4 is 16.8 Å². The Morgan fingerprint density at radius 2 is 0.636 bits per heavy atom. The van der Waals surface area contributed by atoms with Gasteiger partial charge in [0.05, 0.1) is 0 Å². The molecule has 0 atom stereocenters. The van der Waals surface area contributed by atoms with Crippen LogP contribution in [0.4, 0.5) is 0 Å². The third-order valence-corrected chi connectivity index (χ3v) is 0. The average Bonchev–Trinajstić information content (AvgIpc) is 1.12. The normalized spacial score (nSPS) is 10.5. The van der Waals surface area contributed by atoms with E-state index < -0.39 is 26.7 Å². The van der Waals surface area contributed by atoms with Crippen molar-refractivity contribution in [3.63, 3.8) is 0 Å². The fourth-order valence-corrected chi connectivity index (χ4v) is 0. The van der Waals surface area contributed by atoms with Crippen molar-refractivity contribution in [2.24, 2.45) is 0 Å². The fourth-order valence-electron chi connectivity index (χ4n) is 0. The van der Waals surface area contributed by atoms with Gasteiger partial charge in [-0.1, -0.05) is 0 Å². The van der Waals surface area contributed by atoms with E-state index in [2.05, 4.69) is 0 Å². The van der Waals surface area contributed by atoms with Crippen molar-refractivity contribution < 1.29 is 53.2 Å². The molecule has 0 aliphatic carbocycles. The molecule has 0 N–H and O–H groups in total. The van der Waals surface area contributed by atoms with Crippen LogP contribution in [0.1, 0.15) is 0 Å². The van der Waals surface area contributed by atoms with E-state index in [0.29, 0.717) is 0 Å². The van der Waals surface area contributed by atoms with Crippen molar-refractivity contribution in [3.8, 4) is 0 Å². The number of hydrogen-bond acceptors (Lipinski definition) is 8. The SMILES string of the molecule is O=[Se](=O)([O-])[O-].O=[Se](=O)([O-])[O-].[Mo+4]. The van der Waals surface area contributed by atoms with Crippen LogP contribution in [0.3, 0.4) is 0 Å². The molecular weight excluding hydrogens is 382 g/mol. The van der Waals surface area contributed by atoms with Crippen molar-refractivity contribution in [2.45, 2.75) is 0 Å². The minimum atomic E-state index is -5.75. The second-order valence-corrected chi connectivity index (χ2v) is 4.24. The summed E-state index contributed by atoms with van der Waals surface area (Å²) in [6.45, 7) is 0. The molecule has 0 unspecified atom stereocenters. The Morgan fingerprint density at radius 3 is 0.636 bits per heavy atom. The molecule has 0 fully saturated rings. The molecule has 0 aromatic heterocycles. The molecule has 0 heterocycles. The van der Waals surface area contributed by atoms with Crippen molar-refractivity contribution in [2.75, 3.05) is 0 Å². The van der Waals surface area contributed by atoms with Crippen molar-refractivity contribution in [1.29, 1.82) is 0 Å². The van der Waals surface area contributed by atoms with Crippen molar-refractivity contribution in [1.82, 2.24) is 0 Å². The molecule has 0 aromatic carbocycles. The van der Waals surface area contributed by atoms with Crippen LogP contribution in [-0.4, -0.2) is 26.7 Å². The zero-order chi connectivity index (χ0) is 9.00. The topological polar surface area (TPSA) is 161 Å². The third-order valence-electron chi connectivity index (χ3n) is 0. The molecule has 8 nitrogen and oxygen atoms in total. The first-order valence-corrected chi connectivity index (χ1v) is 6.93. The first kappa shape index (κ1) is 17.7. The first-order chi connectivity index (χ1) is 4.00. The largest absolute Gasteiger partial charge is 4.00 e. The maximum Gasteiger partial charge on any atom is 4.00 e. The van der Waals surface area contributed by atoms with E-state index in [1.807, 2.05) is 0 Å². The molecule has 11 heavy (non-hydrogen) atoms. The molecule has 0 saturated carbocycles. The van der Waals surface area contributed by atoms with E-state index in [9.17, 15) is 0 Å². The summed E-state index contributed by atoms with van der Waals surface area (Å²) < 4.78 is 68.8. The van der Waals surface area contributed by atoms with Gasteiger partial charge in [0, 0.05) is 0 Å². The smallest absolute Gasteiger partial charge is 4.00 e. The molecule has 0 amide bonds. The van der Waals surface area contributed by atoms with Gasteiger partial charge in [-0.15, -0.1) is 0 Å². The maximum absolute atomic E-state index is 8.59. The van der Waals surface area contributed by atoms with Crippen molar-refractivity contribution in [3.05, 3.63) is 0 Å². The Labute approximate surface area is 79.7 Å². The van der Waals surface area contributed by atoms with Gasteiger partial charge in [0.1, 0.15) is 0 Å². The fraction of sp³-hybridized carbons (Fsp3) is 0. The summed E-state index contributed by atoms with van der Waals surface area (Å²) in [4.78, 5) is 0. The Bertz CT molecular complexity index is 208. The molecule has 0 aromatic rings. The van der Waals surface area contributed by atoms with Crippen LogP contribution in [-0.2, 0) is 36.4 Å². The van der Waals surface area contributed by atoms with E-state index in [4.69, 9.17) is 32.1 Å². The molecule has 0 radical (unpaired) electrons. The van der Waals surface area contributed by atoms with Crippen LogP contribution >= 0.6 is 0 Å². The standard InChI is InChI=1S/Mo.2H2O4Se/c;2*1-5(2,3)4/h;2*(H2,1,2,3,4)/q+4;;/p-4. The number of hydrogen-bond donors (Lipinski definition) is 0. The Morgan fingerprint density at radius 1 is 0.636 bits per heavy atom. The summed E-state index contributed by atoms with van der Waals surface area (Å²) in [7, 11) is 0. The summed E-state index contributed by atoms with van der Waals surface area (Å²) in [5.41, 5.74) is 0. The minimum Gasteiger partial charge on any atom is 4.00 e. The first-order valence-electron chi connectivity index (χ1n) is 1.33. The van der Waals surface area contributed by atoms with E-state index in [1.165, 1.54) is 0 Å². The summed E-state index contributed by atoms with van der Waals surface area (Å²) in [6.07, 6.45) is 0. The molecule has 11 heteroatoms. The van der Waals surface area contributed by atoms with Crippen LogP contribution in [0.5, 0.6) is 0 Å². The zero-order valence-corrected chi connectivity index (χ0v) is 9.92. The summed E-state index contributed by atoms with van der Waals surface area (Å²) in [5, 5.41) is 0. The van der Waals surface area contributed by atoms with Gasteiger partial charge >= 0.3 is 79.9 Å². The van der Waals surface area contributed by atoms with Crippen molar-refractivity contribution >= 4 is 26.7 Å². The van der Waals surface area contributed by atoms with Gasteiger partial charge in [-0.05, 0) is 0 Å². The molecular formula is MoO8Se2. The maximum atomic E-state index is 8.59. The Hall–Kier alpha value is 0.767. The second-order valence-electron chi connectivity index (χ2n) is 0.816. The van der Waals surface area contributed by atoms with E-state index in [1.54, 1.807) is 0 Å². The minimum absolute atomic E-state index is 0. The van der Waals surface area contributed by atoms with Crippen LogP contribution in [0.25, 0.3) is 0 Å². The van der Waals surface area contributed by atoms with Crippen LogP contribution in [0, 0.1) is 0 Å². The molecule has 0 rings (SSSR count). The van der Waals surface area contributed by atoms with E-state index in [-0.39, 0.29) is 21.1 Å². The second kappa shape index (κ2) is 6.30. The average molecular weight is 382 g/mol.